The number of amides is 2. The van der Waals surface area contributed by atoms with E-state index in [9.17, 15) is 4.79 Å². The van der Waals surface area contributed by atoms with Crippen LogP contribution in [0.25, 0.3) is 0 Å². The first-order valence-electron chi connectivity index (χ1n) is 5.24. The minimum Gasteiger partial charge on any atom is -0.352 e. The van der Waals surface area contributed by atoms with Crippen LogP contribution in [-0.2, 0) is 0 Å². The number of carbonyl (C=O) groups excluding carboxylic acids is 1. The molecule has 1 saturated heterocycles. The smallest absolute Gasteiger partial charge is 0.312 e. The number of nitrogens with one attached hydrogen (secondary N) is 3. The zero-order chi connectivity index (χ0) is 10.2. The third-order valence-electron chi connectivity index (χ3n) is 2.43. The van der Waals surface area contributed by atoms with E-state index < -0.39 is 6.03 Å². The van der Waals surface area contributed by atoms with E-state index in [1.54, 1.807) is 0 Å². The van der Waals surface area contributed by atoms with Gasteiger partial charge in [-0.05, 0) is 38.4 Å². The lowest BCUT2D eigenvalue weighted by molar-refractivity contribution is 0.249. The molecule has 0 aliphatic carbocycles. The number of piperidine rings is 1. The van der Waals surface area contributed by atoms with Crippen molar-refractivity contribution in [2.75, 3.05) is 32.7 Å². The zero-order valence-corrected chi connectivity index (χ0v) is 8.51. The van der Waals surface area contributed by atoms with Gasteiger partial charge in [0, 0.05) is 13.1 Å². The number of urea groups is 1. The fourth-order valence-corrected chi connectivity index (χ4v) is 1.68. The Hall–Kier alpha value is -0.810. The molecular formula is C9H20N4O. The molecule has 0 aromatic carbocycles. The van der Waals surface area contributed by atoms with Gasteiger partial charge in [0.2, 0.25) is 0 Å². The molecule has 1 unspecified atom stereocenters. The van der Waals surface area contributed by atoms with Crippen LogP contribution < -0.4 is 21.7 Å². The van der Waals surface area contributed by atoms with Crippen LogP contribution >= 0.6 is 0 Å². The number of rotatable bonds is 5. The van der Waals surface area contributed by atoms with E-state index in [0.29, 0.717) is 6.54 Å². The molecule has 1 heterocycles. The van der Waals surface area contributed by atoms with E-state index >= 15 is 0 Å². The summed E-state index contributed by atoms with van der Waals surface area (Å²) in [6, 6.07) is -0.453. The summed E-state index contributed by atoms with van der Waals surface area (Å²) in [5.41, 5.74) is 4.93. The Kier molecular flexibility index (Phi) is 5.32. The molecular weight excluding hydrogens is 180 g/mol. The van der Waals surface area contributed by atoms with Gasteiger partial charge >= 0.3 is 6.03 Å². The van der Waals surface area contributed by atoms with Crippen LogP contribution in [0.5, 0.6) is 0 Å². The lowest BCUT2D eigenvalue weighted by Gasteiger charge is -2.22. The summed E-state index contributed by atoms with van der Waals surface area (Å²) in [5.74, 6) is 0.734. The average molecular weight is 200 g/mol. The molecule has 2 amide bonds. The van der Waals surface area contributed by atoms with Crippen molar-refractivity contribution in [3.8, 4) is 0 Å². The van der Waals surface area contributed by atoms with Crippen LogP contribution in [0.1, 0.15) is 12.8 Å². The van der Waals surface area contributed by atoms with Gasteiger partial charge in [-0.3, -0.25) is 0 Å². The topological polar surface area (TPSA) is 79.2 Å². The molecule has 14 heavy (non-hydrogen) atoms. The maximum Gasteiger partial charge on any atom is 0.312 e. The third-order valence-corrected chi connectivity index (χ3v) is 2.43. The van der Waals surface area contributed by atoms with Gasteiger partial charge in [-0.1, -0.05) is 0 Å². The van der Waals surface area contributed by atoms with Gasteiger partial charge in [-0.2, -0.15) is 0 Å². The van der Waals surface area contributed by atoms with Crippen molar-refractivity contribution >= 4 is 6.03 Å². The third kappa shape index (κ3) is 5.04. The second-order valence-electron chi connectivity index (χ2n) is 3.71. The van der Waals surface area contributed by atoms with E-state index in [4.69, 9.17) is 5.73 Å². The van der Waals surface area contributed by atoms with Gasteiger partial charge in [-0.25, -0.2) is 4.79 Å². The first-order valence-corrected chi connectivity index (χ1v) is 5.24. The van der Waals surface area contributed by atoms with Crippen LogP contribution in [0.4, 0.5) is 4.79 Å². The van der Waals surface area contributed by atoms with Gasteiger partial charge in [0.1, 0.15) is 0 Å². The standard InChI is InChI=1S/C9H20N4O/c10-9(14)13-5-4-12-7-8-2-1-3-11-6-8/h8,11-12H,1-7H2,(H3,10,13,14). The van der Waals surface area contributed by atoms with Crippen molar-refractivity contribution < 1.29 is 4.79 Å². The van der Waals surface area contributed by atoms with Gasteiger partial charge in [-0.15, -0.1) is 0 Å². The SMILES string of the molecule is NC(=O)NCCNCC1CCCNC1. The van der Waals surface area contributed by atoms with Crippen molar-refractivity contribution in [2.45, 2.75) is 12.8 Å². The molecule has 1 rings (SSSR count). The monoisotopic (exact) mass is 200 g/mol. The largest absolute Gasteiger partial charge is 0.352 e. The lowest BCUT2D eigenvalue weighted by atomic mass is 10.00. The minimum absolute atomic E-state index is 0.453. The molecule has 0 aromatic rings. The summed E-state index contributed by atoms with van der Waals surface area (Å²) in [5, 5.41) is 9.21. The fraction of sp³-hybridized carbons (Fsp3) is 0.889. The number of carbonyl (C=O) groups is 1. The highest BCUT2D eigenvalue weighted by atomic mass is 16.2. The molecule has 1 fully saturated rings. The second-order valence-corrected chi connectivity index (χ2v) is 3.71. The average Bonchev–Trinajstić information content (AvgIpc) is 2.18. The van der Waals surface area contributed by atoms with Crippen molar-refractivity contribution in [3.05, 3.63) is 0 Å². The van der Waals surface area contributed by atoms with Crippen molar-refractivity contribution in [1.29, 1.82) is 0 Å². The predicted molar refractivity (Wildman–Crippen MR) is 56.0 cm³/mol. The molecule has 1 aliphatic rings. The molecule has 5 nitrogen and oxygen atoms in total. The Balaban J connectivity index is 1.90. The van der Waals surface area contributed by atoms with Crippen LogP contribution in [0, 0.1) is 5.92 Å². The highest BCUT2D eigenvalue weighted by molar-refractivity contribution is 5.71. The van der Waals surface area contributed by atoms with Crippen molar-refractivity contribution in [3.63, 3.8) is 0 Å². The Morgan fingerprint density at radius 1 is 1.50 bits per heavy atom. The van der Waals surface area contributed by atoms with Crippen LogP contribution in [0.3, 0.4) is 0 Å². The molecule has 0 saturated carbocycles. The fourth-order valence-electron chi connectivity index (χ4n) is 1.68. The number of nitrogens with two attached hydrogens (primary N) is 1. The first kappa shape index (κ1) is 11.3. The van der Waals surface area contributed by atoms with Crippen LogP contribution in [0.2, 0.25) is 0 Å². The van der Waals surface area contributed by atoms with E-state index in [-0.39, 0.29) is 0 Å². The van der Waals surface area contributed by atoms with Crippen LogP contribution in [0.15, 0.2) is 0 Å². The molecule has 5 heteroatoms. The van der Waals surface area contributed by atoms with E-state index in [1.165, 1.54) is 12.8 Å². The maximum atomic E-state index is 10.3. The Morgan fingerprint density at radius 2 is 2.36 bits per heavy atom. The summed E-state index contributed by atoms with van der Waals surface area (Å²) in [7, 11) is 0. The molecule has 1 atom stereocenters. The summed E-state index contributed by atoms with van der Waals surface area (Å²) in [4.78, 5) is 10.3. The van der Waals surface area contributed by atoms with Gasteiger partial charge in [0.25, 0.3) is 0 Å². The van der Waals surface area contributed by atoms with Gasteiger partial charge < -0.3 is 21.7 Å². The minimum atomic E-state index is -0.453. The zero-order valence-electron chi connectivity index (χ0n) is 8.51. The Bertz CT molecular complexity index is 168. The summed E-state index contributed by atoms with van der Waals surface area (Å²) in [6.07, 6.45) is 2.56. The Morgan fingerprint density at radius 3 is 3.00 bits per heavy atom. The normalized spacial score (nSPS) is 21.9. The number of hydrogen-bond donors (Lipinski definition) is 4. The van der Waals surface area contributed by atoms with Gasteiger partial charge in [0.05, 0.1) is 0 Å². The lowest BCUT2D eigenvalue weighted by Crippen LogP contribution is -2.39. The maximum absolute atomic E-state index is 10.3. The molecule has 0 spiro atoms. The predicted octanol–water partition coefficient (Wildman–Crippen LogP) is -0.756. The number of hydrogen-bond acceptors (Lipinski definition) is 3. The molecule has 1 aliphatic heterocycles. The van der Waals surface area contributed by atoms with E-state index in [0.717, 1.165) is 32.1 Å². The summed E-state index contributed by atoms with van der Waals surface area (Å²) in [6.45, 7) is 4.68. The van der Waals surface area contributed by atoms with E-state index in [1.807, 2.05) is 0 Å². The Labute approximate surface area is 84.8 Å². The second kappa shape index (κ2) is 6.62. The van der Waals surface area contributed by atoms with E-state index in [2.05, 4.69) is 16.0 Å². The highest BCUT2D eigenvalue weighted by Gasteiger charge is 2.11. The molecule has 0 aromatic heterocycles. The summed E-state index contributed by atoms with van der Waals surface area (Å²) >= 11 is 0. The quantitative estimate of drug-likeness (QED) is 0.441. The summed E-state index contributed by atoms with van der Waals surface area (Å²) < 4.78 is 0. The number of primary amides is 1. The molecule has 0 radical (unpaired) electrons. The van der Waals surface area contributed by atoms with Crippen molar-refractivity contribution in [2.24, 2.45) is 11.7 Å². The molecule has 5 N–H and O–H groups in total. The van der Waals surface area contributed by atoms with Crippen LogP contribution in [-0.4, -0.2) is 38.8 Å². The molecule has 82 valence electrons. The molecule has 0 bridgehead atoms. The van der Waals surface area contributed by atoms with Gasteiger partial charge in [0.15, 0.2) is 0 Å². The first-order chi connectivity index (χ1) is 6.79. The van der Waals surface area contributed by atoms with Crippen molar-refractivity contribution in [1.82, 2.24) is 16.0 Å². The highest BCUT2D eigenvalue weighted by Crippen LogP contribution is 2.07.